The van der Waals surface area contributed by atoms with Crippen LogP contribution >= 0.6 is 11.8 Å². The summed E-state index contributed by atoms with van der Waals surface area (Å²) in [4.78, 5) is 31.9. The second kappa shape index (κ2) is 8.62. The van der Waals surface area contributed by atoms with Gasteiger partial charge in [0.25, 0.3) is 11.1 Å². The highest BCUT2D eigenvalue weighted by molar-refractivity contribution is 8.18. The Hall–Kier alpha value is -2.91. The topological polar surface area (TPSA) is 102 Å². The van der Waals surface area contributed by atoms with E-state index in [0.717, 1.165) is 48.8 Å². The number of amides is 2. The first kappa shape index (κ1) is 19.4. The third kappa shape index (κ3) is 4.75. The minimum Gasteiger partial charge on any atom is -0.474 e. The zero-order valence-corrected chi connectivity index (χ0v) is 16.6. The van der Waals surface area contributed by atoms with E-state index in [1.54, 1.807) is 18.2 Å². The minimum absolute atomic E-state index is 0.130. The van der Waals surface area contributed by atoms with Gasteiger partial charge >= 0.3 is 0 Å². The molecule has 0 unspecified atom stereocenters. The molecule has 2 aliphatic heterocycles. The molecule has 0 aliphatic carbocycles. The number of thioether (sulfide) groups is 1. The van der Waals surface area contributed by atoms with E-state index in [0.29, 0.717) is 22.4 Å². The summed E-state index contributed by atoms with van der Waals surface area (Å²) in [6.45, 7) is 3.73. The van der Waals surface area contributed by atoms with Crippen LogP contribution in [-0.2, 0) is 4.79 Å². The van der Waals surface area contributed by atoms with Gasteiger partial charge in [0.1, 0.15) is 18.2 Å². The summed E-state index contributed by atoms with van der Waals surface area (Å²) < 4.78 is 12.0. The minimum atomic E-state index is -0.391. The van der Waals surface area contributed by atoms with Gasteiger partial charge in [-0.05, 0) is 68.4 Å². The average molecular weight is 412 g/mol. The van der Waals surface area contributed by atoms with Gasteiger partial charge in [-0.25, -0.2) is 9.97 Å². The molecule has 0 radical (unpaired) electrons. The SMILES string of the molecule is Cc1c(Oc2cccc(/C=C3/SC(=O)NC3=O)c2)ncnc1OC1CCNCC1. The fourth-order valence-corrected chi connectivity index (χ4v) is 3.75. The Labute approximate surface area is 172 Å². The Bertz CT molecular complexity index is 973. The van der Waals surface area contributed by atoms with Crippen molar-refractivity contribution >= 4 is 29.0 Å². The number of aromatic nitrogens is 2. The molecule has 0 atom stereocenters. The summed E-state index contributed by atoms with van der Waals surface area (Å²) in [5.41, 5.74) is 1.47. The van der Waals surface area contributed by atoms with E-state index in [2.05, 4.69) is 20.6 Å². The summed E-state index contributed by atoms with van der Waals surface area (Å²) in [6.07, 6.45) is 5.08. The predicted octanol–water partition coefficient (Wildman–Crippen LogP) is 3.03. The number of hydrogen-bond donors (Lipinski definition) is 2. The van der Waals surface area contributed by atoms with E-state index in [1.807, 2.05) is 19.1 Å². The highest BCUT2D eigenvalue weighted by Gasteiger charge is 2.25. The smallest absolute Gasteiger partial charge is 0.290 e. The van der Waals surface area contributed by atoms with E-state index in [1.165, 1.54) is 6.33 Å². The van der Waals surface area contributed by atoms with Gasteiger partial charge in [0.15, 0.2) is 0 Å². The van der Waals surface area contributed by atoms with Crippen molar-refractivity contribution in [3.63, 3.8) is 0 Å². The first-order valence-electron chi connectivity index (χ1n) is 9.30. The molecule has 0 bridgehead atoms. The van der Waals surface area contributed by atoms with Crippen LogP contribution in [-0.4, -0.2) is 40.3 Å². The molecule has 0 spiro atoms. The summed E-state index contributed by atoms with van der Waals surface area (Å²) in [6, 6.07) is 7.21. The van der Waals surface area contributed by atoms with Crippen molar-refractivity contribution < 1.29 is 19.1 Å². The molecule has 29 heavy (non-hydrogen) atoms. The number of ether oxygens (including phenoxy) is 2. The van der Waals surface area contributed by atoms with E-state index in [4.69, 9.17) is 9.47 Å². The quantitative estimate of drug-likeness (QED) is 0.723. The van der Waals surface area contributed by atoms with Gasteiger partial charge in [-0.3, -0.25) is 14.9 Å². The molecule has 2 amide bonds. The maximum absolute atomic E-state index is 11.7. The van der Waals surface area contributed by atoms with Gasteiger partial charge in [-0.2, -0.15) is 0 Å². The maximum Gasteiger partial charge on any atom is 0.290 e. The number of rotatable bonds is 5. The van der Waals surface area contributed by atoms with Gasteiger partial charge in [0, 0.05) is 0 Å². The fourth-order valence-electron chi connectivity index (χ4n) is 3.06. The van der Waals surface area contributed by atoms with Gasteiger partial charge in [0.05, 0.1) is 10.5 Å². The summed E-state index contributed by atoms with van der Waals surface area (Å²) >= 11 is 0.878. The monoisotopic (exact) mass is 412 g/mol. The zero-order valence-electron chi connectivity index (χ0n) is 15.8. The Balaban J connectivity index is 1.51. The lowest BCUT2D eigenvalue weighted by Gasteiger charge is -2.24. The summed E-state index contributed by atoms with van der Waals surface area (Å²) in [5, 5.41) is 5.18. The number of piperidine rings is 1. The Morgan fingerprint density at radius 2 is 1.97 bits per heavy atom. The molecule has 2 fully saturated rings. The molecule has 8 nitrogen and oxygen atoms in total. The van der Waals surface area contributed by atoms with E-state index < -0.39 is 5.91 Å². The molecule has 0 saturated carbocycles. The highest BCUT2D eigenvalue weighted by atomic mass is 32.2. The van der Waals surface area contributed by atoms with E-state index >= 15 is 0 Å². The number of nitrogens with one attached hydrogen (secondary N) is 2. The molecule has 9 heteroatoms. The largest absolute Gasteiger partial charge is 0.474 e. The van der Waals surface area contributed by atoms with Crippen LogP contribution in [0.2, 0.25) is 0 Å². The second-order valence-corrected chi connectivity index (χ2v) is 7.72. The Kier molecular flexibility index (Phi) is 5.77. The number of benzene rings is 1. The van der Waals surface area contributed by atoms with Gasteiger partial charge in [0.2, 0.25) is 11.8 Å². The van der Waals surface area contributed by atoms with Crippen LogP contribution < -0.4 is 20.1 Å². The lowest BCUT2D eigenvalue weighted by molar-refractivity contribution is -0.115. The zero-order chi connectivity index (χ0) is 20.2. The number of carbonyl (C=O) groups is 2. The van der Waals surface area contributed by atoms with Gasteiger partial charge < -0.3 is 14.8 Å². The van der Waals surface area contributed by atoms with Crippen LogP contribution in [0.3, 0.4) is 0 Å². The molecule has 1 aromatic heterocycles. The molecule has 2 N–H and O–H groups in total. The Morgan fingerprint density at radius 3 is 2.72 bits per heavy atom. The third-order valence-electron chi connectivity index (χ3n) is 4.57. The molecule has 2 saturated heterocycles. The molecule has 3 heterocycles. The average Bonchev–Trinajstić information content (AvgIpc) is 3.03. The van der Waals surface area contributed by atoms with Crippen molar-refractivity contribution in [3.8, 4) is 17.5 Å². The van der Waals surface area contributed by atoms with Gasteiger partial charge in [-0.15, -0.1) is 0 Å². The van der Waals surface area contributed by atoms with Crippen LogP contribution in [0.5, 0.6) is 17.5 Å². The standard InChI is InChI=1S/C20H20N4O4S/c1-12-18(27-14-5-7-21-8-6-14)22-11-23-19(12)28-15-4-2-3-13(9-15)10-16-17(25)24-20(26)29-16/h2-4,9-11,14,21H,5-8H2,1H3,(H,24,25,26)/b16-10+. The molecule has 4 rings (SSSR count). The number of carbonyl (C=O) groups excluding carboxylic acids is 2. The molecule has 150 valence electrons. The molecular weight excluding hydrogens is 392 g/mol. The normalized spacial score (nSPS) is 18.7. The van der Waals surface area contributed by atoms with Crippen molar-refractivity contribution in [1.29, 1.82) is 0 Å². The van der Waals surface area contributed by atoms with Crippen LogP contribution in [0.4, 0.5) is 4.79 Å². The van der Waals surface area contributed by atoms with Crippen molar-refractivity contribution in [2.75, 3.05) is 13.1 Å². The lowest BCUT2D eigenvalue weighted by atomic mass is 10.1. The van der Waals surface area contributed by atoms with Crippen LogP contribution in [0, 0.1) is 6.92 Å². The molecule has 1 aromatic carbocycles. The molecule has 2 aromatic rings. The van der Waals surface area contributed by atoms with Gasteiger partial charge in [-0.1, -0.05) is 12.1 Å². The van der Waals surface area contributed by atoms with E-state index in [-0.39, 0.29) is 11.3 Å². The first-order valence-corrected chi connectivity index (χ1v) is 10.1. The molecular formula is C20H20N4O4S. The van der Waals surface area contributed by atoms with Crippen molar-refractivity contribution in [2.45, 2.75) is 25.9 Å². The van der Waals surface area contributed by atoms with Crippen molar-refractivity contribution in [2.24, 2.45) is 0 Å². The van der Waals surface area contributed by atoms with Crippen LogP contribution in [0.15, 0.2) is 35.5 Å². The second-order valence-electron chi connectivity index (χ2n) is 6.70. The molecule has 2 aliphatic rings. The summed E-state index contributed by atoms with van der Waals surface area (Å²) in [7, 11) is 0. The number of hydrogen-bond acceptors (Lipinski definition) is 8. The Morgan fingerprint density at radius 1 is 1.17 bits per heavy atom. The van der Waals surface area contributed by atoms with Crippen molar-refractivity contribution in [3.05, 3.63) is 46.6 Å². The lowest BCUT2D eigenvalue weighted by Crippen LogP contribution is -2.34. The van der Waals surface area contributed by atoms with Crippen molar-refractivity contribution in [1.82, 2.24) is 20.6 Å². The van der Waals surface area contributed by atoms with E-state index in [9.17, 15) is 9.59 Å². The summed E-state index contributed by atoms with van der Waals surface area (Å²) in [5.74, 6) is 1.11. The number of imide groups is 1. The third-order valence-corrected chi connectivity index (χ3v) is 5.38. The van der Waals surface area contributed by atoms with Crippen LogP contribution in [0.1, 0.15) is 24.0 Å². The van der Waals surface area contributed by atoms with Crippen LogP contribution in [0.25, 0.3) is 6.08 Å². The highest BCUT2D eigenvalue weighted by Crippen LogP contribution is 2.30. The first-order chi connectivity index (χ1) is 14.1. The number of nitrogens with zero attached hydrogens (tertiary/aromatic N) is 2. The maximum atomic E-state index is 11.7. The fraction of sp³-hybridized carbons (Fsp3) is 0.300. The predicted molar refractivity (Wildman–Crippen MR) is 109 cm³/mol.